The van der Waals surface area contributed by atoms with Crippen LogP contribution in [0.3, 0.4) is 0 Å². The van der Waals surface area contributed by atoms with Gasteiger partial charge in [-0.25, -0.2) is 0 Å². The van der Waals surface area contributed by atoms with Crippen molar-refractivity contribution in [3.05, 3.63) is 88.2 Å². The molecule has 1 aromatic heterocycles. The molecule has 2 heterocycles. The van der Waals surface area contributed by atoms with E-state index in [2.05, 4.69) is 4.98 Å². The van der Waals surface area contributed by atoms with Gasteiger partial charge >= 0.3 is 0 Å². The lowest BCUT2D eigenvalue weighted by Crippen LogP contribution is -2.29. The van der Waals surface area contributed by atoms with Crippen LogP contribution in [0.4, 0.5) is 0 Å². The number of likely N-dealkylation sites (tertiary alicyclic amines) is 1. The maximum Gasteiger partial charge on any atom is 0.296 e. The Morgan fingerprint density at radius 1 is 1.06 bits per heavy atom. The first-order chi connectivity index (χ1) is 16.3. The second-order valence-corrected chi connectivity index (χ2v) is 7.93. The van der Waals surface area contributed by atoms with Crippen molar-refractivity contribution in [3.63, 3.8) is 0 Å². The lowest BCUT2D eigenvalue weighted by Gasteiger charge is -2.25. The number of pyridine rings is 1. The zero-order valence-electron chi connectivity index (χ0n) is 18.4. The molecule has 0 saturated carbocycles. The van der Waals surface area contributed by atoms with Gasteiger partial charge in [0.1, 0.15) is 23.0 Å². The maximum atomic E-state index is 13.2. The Balaban J connectivity index is 1.92. The number of hydrogen-bond donors (Lipinski definition) is 2. The number of rotatable bonds is 6. The van der Waals surface area contributed by atoms with Gasteiger partial charge < -0.3 is 24.6 Å². The monoisotopic (exact) mass is 480 g/mol. The summed E-state index contributed by atoms with van der Waals surface area (Å²) in [6, 6.07) is 13.3. The molecule has 3 aromatic rings. The Hall–Kier alpha value is -4.04. The Morgan fingerprint density at radius 2 is 1.76 bits per heavy atom. The average molecular weight is 481 g/mol. The molecule has 2 N–H and O–H groups in total. The molecular weight excluding hydrogens is 460 g/mol. The summed E-state index contributed by atoms with van der Waals surface area (Å²) in [6.45, 7) is 0.0365. The van der Waals surface area contributed by atoms with E-state index in [1.165, 1.54) is 43.4 Å². The quantitative estimate of drug-likeness (QED) is 0.311. The Kier molecular flexibility index (Phi) is 6.43. The second-order valence-electron chi connectivity index (χ2n) is 7.53. The van der Waals surface area contributed by atoms with E-state index in [9.17, 15) is 19.8 Å². The Bertz CT molecular complexity index is 1270. The highest BCUT2D eigenvalue weighted by molar-refractivity contribution is 6.46. The van der Waals surface area contributed by atoms with Crippen LogP contribution in [0, 0.1) is 0 Å². The topological polar surface area (TPSA) is 109 Å². The number of hydrogen-bond acceptors (Lipinski definition) is 7. The van der Waals surface area contributed by atoms with Crippen LogP contribution in [-0.2, 0) is 16.1 Å². The van der Waals surface area contributed by atoms with Gasteiger partial charge in [-0.05, 0) is 35.9 Å². The van der Waals surface area contributed by atoms with Crippen molar-refractivity contribution in [3.8, 4) is 17.2 Å². The SMILES string of the molecule is COc1cc(/C(O)=C2\C(=O)C(=O)N(Cc3ccccn3)C2c2ccc(O)cc2)c(OC)cc1Cl. The standard InChI is InChI=1S/C25H21ClN2O6/c1-33-19-12-18(26)20(34-2)11-17(19)23(30)21-22(14-6-8-16(29)9-7-14)28(25(32)24(21)31)13-15-5-3-4-10-27-15/h3-12,22,29-30H,13H2,1-2H3/b23-21+. The van der Waals surface area contributed by atoms with Crippen LogP contribution in [0.25, 0.3) is 5.76 Å². The normalized spacial score (nSPS) is 17.1. The lowest BCUT2D eigenvalue weighted by molar-refractivity contribution is -0.140. The number of Topliss-reactive ketones (excluding diaryl/α,β-unsaturated/α-hetero) is 1. The van der Waals surface area contributed by atoms with E-state index in [0.29, 0.717) is 11.3 Å². The summed E-state index contributed by atoms with van der Waals surface area (Å²) in [5, 5.41) is 21.3. The van der Waals surface area contributed by atoms with E-state index in [-0.39, 0.29) is 40.0 Å². The van der Waals surface area contributed by atoms with Crippen LogP contribution in [0.2, 0.25) is 5.02 Å². The number of methoxy groups -OCH3 is 2. The highest BCUT2D eigenvalue weighted by atomic mass is 35.5. The van der Waals surface area contributed by atoms with Crippen molar-refractivity contribution in [1.29, 1.82) is 0 Å². The first-order valence-corrected chi connectivity index (χ1v) is 10.6. The van der Waals surface area contributed by atoms with Gasteiger partial charge in [0.2, 0.25) is 0 Å². The molecule has 2 aromatic carbocycles. The molecule has 1 aliphatic rings. The fourth-order valence-corrected chi connectivity index (χ4v) is 4.13. The first-order valence-electron chi connectivity index (χ1n) is 10.2. The number of nitrogens with zero attached hydrogens (tertiary/aromatic N) is 2. The van der Waals surface area contributed by atoms with Crippen LogP contribution in [0.15, 0.2) is 66.4 Å². The van der Waals surface area contributed by atoms with E-state index in [4.69, 9.17) is 21.1 Å². The zero-order valence-corrected chi connectivity index (χ0v) is 19.1. The Labute approximate surface area is 200 Å². The second kappa shape index (κ2) is 9.44. The fraction of sp³-hybridized carbons (Fsp3) is 0.160. The van der Waals surface area contributed by atoms with E-state index in [1.54, 1.807) is 36.5 Å². The summed E-state index contributed by atoms with van der Waals surface area (Å²) in [4.78, 5) is 31.9. The molecule has 1 amide bonds. The van der Waals surface area contributed by atoms with Crippen LogP contribution >= 0.6 is 11.6 Å². The first kappa shape index (κ1) is 23.1. The number of aliphatic hydroxyl groups excluding tert-OH is 1. The molecule has 4 rings (SSSR count). The highest BCUT2D eigenvalue weighted by Crippen LogP contribution is 2.43. The summed E-state index contributed by atoms with van der Waals surface area (Å²) in [5.74, 6) is -1.61. The molecule has 9 heteroatoms. The molecule has 8 nitrogen and oxygen atoms in total. The minimum absolute atomic E-state index is 0.0227. The molecule has 0 aliphatic carbocycles. The number of ether oxygens (including phenoxy) is 2. The number of amides is 1. The number of carbonyl (C=O) groups excluding carboxylic acids is 2. The molecule has 0 radical (unpaired) electrons. The summed E-state index contributed by atoms with van der Waals surface area (Å²) < 4.78 is 10.6. The van der Waals surface area contributed by atoms with Gasteiger partial charge in [0.25, 0.3) is 11.7 Å². The summed E-state index contributed by atoms with van der Waals surface area (Å²) >= 11 is 6.19. The average Bonchev–Trinajstić information content (AvgIpc) is 3.09. The third-order valence-corrected chi connectivity index (χ3v) is 5.83. The number of halogens is 1. The highest BCUT2D eigenvalue weighted by Gasteiger charge is 2.46. The minimum Gasteiger partial charge on any atom is -0.508 e. The van der Waals surface area contributed by atoms with E-state index in [1.807, 2.05) is 0 Å². The van der Waals surface area contributed by atoms with Crippen LogP contribution < -0.4 is 9.47 Å². The van der Waals surface area contributed by atoms with Gasteiger partial charge in [0.15, 0.2) is 0 Å². The van der Waals surface area contributed by atoms with Gasteiger partial charge in [0.05, 0.1) is 48.7 Å². The summed E-state index contributed by atoms with van der Waals surface area (Å²) in [6.07, 6.45) is 1.59. The molecule has 0 bridgehead atoms. The van der Waals surface area contributed by atoms with Gasteiger partial charge in [-0.1, -0.05) is 29.8 Å². The van der Waals surface area contributed by atoms with Crippen LogP contribution in [-0.4, -0.2) is 46.0 Å². The largest absolute Gasteiger partial charge is 0.508 e. The van der Waals surface area contributed by atoms with E-state index < -0.39 is 23.5 Å². The molecule has 1 aliphatic heterocycles. The number of aromatic nitrogens is 1. The summed E-state index contributed by atoms with van der Waals surface area (Å²) in [5.41, 5.74) is 1.10. The lowest BCUT2D eigenvalue weighted by atomic mass is 9.94. The molecule has 34 heavy (non-hydrogen) atoms. The Morgan fingerprint density at radius 3 is 2.38 bits per heavy atom. The van der Waals surface area contributed by atoms with Crippen molar-refractivity contribution < 1.29 is 29.3 Å². The van der Waals surface area contributed by atoms with Gasteiger partial charge in [-0.2, -0.15) is 0 Å². The summed E-state index contributed by atoms with van der Waals surface area (Å²) in [7, 11) is 2.81. The molecule has 1 atom stereocenters. The number of phenols is 1. The minimum atomic E-state index is -0.936. The number of aromatic hydroxyl groups is 1. The zero-order chi connectivity index (χ0) is 24.4. The van der Waals surface area contributed by atoms with Crippen LogP contribution in [0.1, 0.15) is 22.9 Å². The maximum absolute atomic E-state index is 13.2. The number of phenolic OH excluding ortho intramolecular Hbond substituents is 1. The van der Waals surface area contributed by atoms with E-state index in [0.717, 1.165) is 0 Å². The smallest absolute Gasteiger partial charge is 0.296 e. The van der Waals surface area contributed by atoms with Crippen molar-refractivity contribution in [2.24, 2.45) is 0 Å². The predicted octanol–water partition coefficient (Wildman–Crippen LogP) is 4.08. The number of benzene rings is 2. The predicted molar refractivity (Wildman–Crippen MR) is 125 cm³/mol. The fourth-order valence-electron chi connectivity index (χ4n) is 3.90. The number of ketones is 1. The molecule has 1 saturated heterocycles. The third kappa shape index (κ3) is 4.15. The molecule has 174 valence electrons. The number of carbonyl (C=O) groups is 2. The van der Waals surface area contributed by atoms with Crippen molar-refractivity contribution in [1.82, 2.24) is 9.88 Å². The van der Waals surface area contributed by atoms with Gasteiger partial charge in [-0.3, -0.25) is 14.6 Å². The molecule has 0 spiro atoms. The molecule has 1 unspecified atom stereocenters. The number of aliphatic hydroxyl groups is 1. The molecular formula is C25H21ClN2O6. The third-order valence-electron chi connectivity index (χ3n) is 5.54. The van der Waals surface area contributed by atoms with Crippen LogP contribution in [0.5, 0.6) is 17.2 Å². The van der Waals surface area contributed by atoms with Crippen molar-refractivity contribution >= 4 is 29.1 Å². The van der Waals surface area contributed by atoms with Gasteiger partial charge in [0, 0.05) is 12.3 Å². The van der Waals surface area contributed by atoms with E-state index >= 15 is 0 Å². The van der Waals surface area contributed by atoms with Gasteiger partial charge in [-0.15, -0.1) is 0 Å². The van der Waals surface area contributed by atoms with Crippen molar-refractivity contribution in [2.75, 3.05) is 14.2 Å². The van der Waals surface area contributed by atoms with Crippen molar-refractivity contribution in [2.45, 2.75) is 12.6 Å². The molecule has 1 fully saturated rings.